The van der Waals surface area contributed by atoms with Crippen LogP contribution in [0.15, 0.2) is 6.07 Å². The highest BCUT2D eigenvalue weighted by Gasteiger charge is 2.20. The fraction of sp³-hybridized carbons (Fsp3) is 0.143. The van der Waals surface area contributed by atoms with Crippen LogP contribution in [0.2, 0.25) is 5.02 Å². The van der Waals surface area contributed by atoms with Crippen LogP contribution in [0.25, 0.3) is 0 Å². The standard InChI is InChI=1S/C7H3ClF3NO2/c8-3-1-2(5(9)10)6(11)12-4(3)7(13)14/h1,5H,(H,13,14). The first-order chi connectivity index (χ1) is 6.43. The molecule has 0 aliphatic carbocycles. The van der Waals surface area contributed by atoms with E-state index in [1.54, 1.807) is 0 Å². The molecule has 1 rings (SSSR count). The molecule has 0 saturated carbocycles. The van der Waals surface area contributed by atoms with Gasteiger partial charge in [0.2, 0.25) is 5.95 Å². The topological polar surface area (TPSA) is 50.2 Å². The third-order valence-electron chi connectivity index (χ3n) is 1.39. The summed E-state index contributed by atoms with van der Waals surface area (Å²) in [5.41, 5.74) is -1.80. The molecule has 14 heavy (non-hydrogen) atoms. The van der Waals surface area contributed by atoms with Gasteiger partial charge in [0.15, 0.2) is 5.69 Å². The first-order valence-electron chi connectivity index (χ1n) is 3.31. The second kappa shape index (κ2) is 3.83. The Morgan fingerprint density at radius 2 is 2.14 bits per heavy atom. The number of nitrogens with zero attached hydrogens (tertiary/aromatic N) is 1. The number of hydrogen-bond acceptors (Lipinski definition) is 2. The lowest BCUT2D eigenvalue weighted by atomic mass is 10.2. The molecule has 0 saturated heterocycles. The maximum Gasteiger partial charge on any atom is 0.356 e. The highest BCUT2D eigenvalue weighted by atomic mass is 35.5. The van der Waals surface area contributed by atoms with Gasteiger partial charge in [0.05, 0.1) is 10.6 Å². The van der Waals surface area contributed by atoms with E-state index in [1.807, 2.05) is 0 Å². The number of pyridine rings is 1. The van der Waals surface area contributed by atoms with Crippen LogP contribution < -0.4 is 0 Å². The van der Waals surface area contributed by atoms with Crippen molar-refractivity contribution < 1.29 is 23.1 Å². The molecule has 1 aromatic rings. The van der Waals surface area contributed by atoms with E-state index < -0.39 is 34.6 Å². The number of rotatable bonds is 2. The zero-order valence-corrected chi connectivity index (χ0v) is 7.23. The summed E-state index contributed by atoms with van der Waals surface area (Å²) in [5.74, 6) is -3.10. The van der Waals surface area contributed by atoms with Crippen LogP contribution in [0.4, 0.5) is 13.2 Å². The third-order valence-corrected chi connectivity index (χ3v) is 1.68. The normalized spacial score (nSPS) is 10.6. The minimum Gasteiger partial charge on any atom is -0.476 e. The Labute approximate surface area is 81.1 Å². The van der Waals surface area contributed by atoms with Gasteiger partial charge in [-0.15, -0.1) is 0 Å². The number of halogens is 4. The molecule has 0 radical (unpaired) electrons. The summed E-state index contributed by atoms with van der Waals surface area (Å²) in [5, 5.41) is 7.90. The molecule has 3 nitrogen and oxygen atoms in total. The number of hydrogen-bond donors (Lipinski definition) is 1. The molecule has 1 aromatic heterocycles. The van der Waals surface area contributed by atoms with E-state index in [2.05, 4.69) is 4.98 Å². The van der Waals surface area contributed by atoms with Gasteiger partial charge in [-0.2, -0.15) is 4.39 Å². The van der Waals surface area contributed by atoms with Gasteiger partial charge < -0.3 is 5.11 Å². The smallest absolute Gasteiger partial charge is 0.356 e. The van der Waals surface area contributed by atoms with Crippen molar-refractivity contribution >= 4 is 17.6 Å². The first-order valence-corrected chi connectivity index (χ1v) is 3.68. The van der Waals surface area contributed by atoms with Gasteiger partial charge in [-0.25, -0.2) is 18.6 Å². The summed E-state index contributed by atoms with van der Waals surface area (Å²) in [6.45, 7) is 0. The summed E-state index contributed by atoms with van der Waals surface area (Å²) < 4.78 is 36.8. The van der Waals surface area contributed by atoms with E-state index >= 15 is 0 Å². The Morgan fingerprint density at radius 1 is 1.57 bits per heavy atom. The van der Waals surface area contributed by atoms with E-state index in [1.165, 1.54) is 0 Å². The van der Waals surface area contributed by atoms with Crippen molar-refractivity contribution in [2.45, 2.75) is 6.43 Å². The second-order valence-corrected chi connectivity index (χ2v) is 2.71. The van der Waals surface area contributed by atoms with Crippen molar-refractivity contribution in [1.82, 2.24) is 4.98 Å². The predicted octanol–water partition coefficient (Wildman–Crippen LogP) is 2.51. The fourth-order valence-electron chi connectivity index (χ4n) is 0.784. The molecule has 7 heteroatoms. The molecule has 0 aromatic carbocycles. The summed E-state index contributed by atoms with van der Waals surface area (Å²) in [7, 11) is 0. The monoisotopic (exact) mass is 225 g/mol. The number of carboxylic acids is 1. The number of aromatic carboxylic acids is 1. The molecule has 0 spiro atoms. The minimum atomic E-state index is -3.08. The largest absolute Gasteiger partial charge is 0.476 e. The van der Waals surface area contributed by atoms with Crippen LogP contribution in [0.1, 0.15) is 22.5 Å². The molecule has 0 aliphatic rings. The van der Waals surface area contributed by atoms with Crippen molar-refractivity contribution in [2.24, 2.45) is 0 Å². The molecular weight excluding hydrogens is 223 g/mol. The van der Waals surface area contributed by atoms with Crippen molar-refractivity contribution in [3.63, 3.8) is 0 Å². The Morgan fingerprint density at radius 3 is 2.57 bits per heavy atom. The Bertz CT molecular complexity index is 383. The van der Waals surface area contributed by atoms with E-state index in [4.69, 9.17) is 16.7 Å². The molecule has 0 aliphatic heterocycles. The maximum atomic E-state index is 12.7. The van der Waals surface area contributed by atoms with Gasteiger partial charge in [-0.1, -0.05) is 11.6 Å². The molecule has 0 amide bonds. The van der Waals surface area contributed by atoms with Crippen LogP contribution in [0.5, 0.6) is 0 Å². The van der Waals surface area contributed by atoms with E-state index in [0.29, 0.717) is 6.07 Å². The summed E-state index contributed by atoms with van der Waals surface area (Å²) in [4.78, 5) is 13.2. The van der Waals surface area contributed by atoms with Crippen molar-refractivity contribution in [1.29, 1.82) is 0 Å². The summed E-state index contributed by atoms with van der Waals surface area (Å²) in [6.07, 6.45) is -3.08. The van der Waals surface area contributed by atoms with Crippen LogP contribution >= 0.6 is 11.6 Å². The Kier molecular flexibility index (Phi) is 2.95. The van der Waals surface area contributed by atoms with Crippen LogP contribution in [0.3, 0.4) is 0 Å². The highest BCUT2D eigenvalue weighted by Crippen LogP contribution is 2.25. The van der Waals surface area contributed by atoms with Gasteiger partial charge in [0, 0.05) is 0 Å². The number of carboxylic acid groups (broad SMARTS) is 1. The Hall–Kier alpha value is -1.30. The Balaban J connectivity index is 3.31. The molecule has 0 fully saturated rings. The number of alkyl halides is 2. The van der Waals surface area contributed by atoms with E-state index in [0.717, 1.165) is 0 Å². The van der Waals surface area contributed by atoms with Gasteiger partial charge in [-0.3, -0.25) is 0 Å². The summed E-state index contributed by atoms with van der Waals surface area (Å²) in [6, 6.07) is 0.554. The molecule has 0 unspecified atom stereocenters. The zero-order valence-electron chi connectivity index (χ0n) is 6.47. The molecule has 76 valence electrons. The van der Waals surface area contributed by atoms with Crippen molar-refractivity contribution in [3.05, 3.63) is 28.3 Å². The average molecular weight is 226 g/mol. The third kappa shape index (κ3) is 1.95. The minimum absolute atomic E-state index is 0.519. The molecular formula is C7H3ClF3NO2. The van der Waals surface area contributed by atoms with Crippen LogP contribution in [-0.4, -0.2) is 16.1 Å². The maximum absolute atomic E-state index is 12.7. The molecule has 0 bridgehead atoms. The van der Waals surface area contributed by atoms with Crippen LogP contribution in [-0.2, 0) is 0 Å². The van der Waals surface area contributed by atoms with Crippen LogP contribution in [0, 0.1) is 5.95 Å². The van der Waals surface area contributed by atoms with Gasteiger partial charge in [0.25, 0.3) is 6.43 Å². The lowest BCUT2D eigenvalue weighted by Crippen LogP contribution is -2.06. The fourth-order valence-corrected chi connectivity index (χ4v) is 1.02. The van der Waals surface area contributed by atoms with Crippen molar-refractivity contribution in [3.8, 4) is 0 Å². The van der Waals surface area contributed by atoms with Gasteiger partial charge >= 0.3 is 5.97 Å². The molecule has 1 heterocycles. The lowest BCUT2D eigenvalue weighted by Gasteiger charge is -2.03. The first kappa shape index (κ1) is 10.8. The predicted molar refractivity (Wildman–Crippen MR) is 41.1 cm³/mol. The lowest BCUT2D eigenvalue weighted by molar-refractivity contribution is 0.0688. The molecule has 0 atom stereocenters. The molecule has 1 N–H and O–H groups in total. The SMILES string of the molecule is O=C(O)c1nc(F)c(C(F)F)cc1Cl. The van der Waals surface area contributed by atoms with E-state index in [9.17, 15) is 18.0 Å². The van der Waals surface area contributed by atoms with Crippen molar-refractivity contribution in [2.75, 3.05) is 0 Å². The zero-order chi connectivity index (χ0) is 10.9. The summed E-state index contributed by atoms with van der Waals surface area (Å²) >= 11 is 5.30. The average Bonchev–Trinajstić information content (AvgIpc) is 2.07. The van der Waals surface area contributed by atoms with E-state index in [-0.39, 0.29) is 0 Å². The second-order valence-electron chi connectivity index (χ2n) is 2.30. The quantitative estimate of drug-likeness (QED) is 0.787. The van der Waals surface area contributed by atoms with Gasteiger partial charge in [0.1, 0.15) is 0 Å². The number of aromatic nitrogens is 1. The van der Waals surface area contributed by atoms with Gasteiger partial charge in [-0.05, 0) is 6.07 Å². The number of carbonyl (C=O) groups is 1. The highest BCUT2D eigenvalue weighted by molar-refractivity contribution is 6.33.